The molecule has 0 atom stereocenters. The molecule has 0 aromatic carbocycles. The number of allylic oxidation sites excluding steroid dienone is 1. The average molecular weight is 277 g/mol. The van der Waals surface area contributed by atoms with Gasteiger partial charge in [0.15, 0.2) is 17.4 Å². The first-order valence-corrected chi connectivity index (χ1v) is 14.3. The molecule has 2 nitrogen and oxygen atoms in total. The molecule has 0 radical (unpaired) electrons. The summed E-state index contributed by atoms with van der Waals surface area (Å²) < 4.78 is 12.0. The molecular weight excluding hydrogens is 248 g/mol. The Morgan fingerprint density at radius 2 is 1.44 bits per heavy atom. The maximum atomic E-state index is 6.06. The highest BCUT2D eigenvalue weighted by molar-refractivity contribution is 6.86. The van der Waals surface area contributed by atoms with Crippen LogP contribution in [0.5, 0.6) is 0 Å². The van der Waals surface area contributed by atoms with Gasteiger partial charge in [-0.25, -0.2) is 0 Å². The van der Waals surface area contributed by atoms with Crippen LogP contribution in [0.1, 0.15) is 6.92 Å². The fourth-order valence-corrected chi connectivity index (χ4v) is 11.8. The van der Waals surface area contributed by atoms with Gasteiger partial charge in [-0.2, -0.15) is 0 Å². The van der Waals surface area contributed by atoms with Crippen molar-refractivity contribution in [3.05, 3.63) is 24.9 Å². The minimum absolute atomic E-state index is 0.971. The molecule has 5 heteroatoms. The van der Waals surface area contributed by atoms with Crippen molar-refractivity contribution in [3.63, 3.8) is 0 Å². The van der Waals surface area contributed by atoms with Gasteiger partial charge in [-0.15, -0.1) is 13.2 Å². The third kappa shape index (κ3) is 12.1. The van der Waals surface area contributed by atoms with Crippen LogP contribution in [0.4, 0.5) is 0 Å². The Hall–Kier alpha value is 0.0506. The van der Waals surface area contributed by atoms with Crippen molar-refractivity contribution in [2.75, 3.05) is 0 Å². The lowest BCUT2D eigenvalue weighted by Crippen LogP contribution is -2.47. The molecule has 0 aliphatic carbocycles. The highest BCUT2D eigenvalue weighted by Gasteiger charge is 2.33. The maximum Gasteiger partial charge on any atom is 0.311 e. The molecule has 0 spiro atoms. The van der Waals surface area contributed by atoms with Gasteiger partial charge in [0.25, 0.3) is 0 Å². The van der Waals surface area contributed by atoms with Gasteiger partial charge < -0.3 is 8.23 Å². The molecule has 0 aliphatic heterocycles. The Morgan fingerprint density at radius 1 is 1.06 bits per heavy atom. The summed E-state index contributed by atoms with van der Waals surface area (Å²) in [4.78, 5) is 0. The first kappa shape index (κ1) is 18.4. The molecule has 0 bridgehead atoms. The van der Waals surface area contributed by atoms with Gasteiger partial charge in [0, 0.05) is 0 Å². The fraction of sp³-hybridized carbons (Fsp3) is 0.636. The van der Waals surface area contributed by atoms with Crippen molar-refractivity contribution in [3.8, 4) is 0 Å². The van der Waals surface area contributed by atoms with Crippen molar-refractivity contribution in [1.82, 2.24) is 0 Å². The average Bonchev–Trinajstić information content (AvgIpc) is 2.00. The SMILES string of the molecule is C=CC.C=C[Si](C)(C)O[Si](C)(C)O[SiH](C)C. The van der Waals surface area contributed by atoms with E-state index in [4.69, 9.17) is 8.23 Å². The summed E-state index contributed by atoms with van der Waals surface area (Å²) in [7, 11) is -4.50. The first-order chi connectivity index (χ1) is 7.10. The van der Waals surface area contributed by atoms with Crippen molar-refractivity contribution in [1.29, 1.82) is 0 Å². The predicted molar refractivity (Wildman–Crippen MR) is 82.1 cm³/mol. The lowest BCUT2D eigenvalue weighted by molar-refractivity contribution is 0.407. The molecule has 96 valence electrons. The molecule has 0 aromatic rings. The Balaban J connectivity index is 0. The molecule has 0 aromatic heterocycles. The zero-order valence-corrected chi connectivity index (χ0v) is 15.1. The van der Waals surface area contributed by atoms with Crippen molar-refractivity contribution < 1.29 is 8.23 Å². The van der Waals surface area contributed by atoms with Crippen LogP contribution in [-0.2, 0) is 8.23 Å². The molecule has 0 aliphatic rings. The van der Waals surface area contributed by atoms with E-state index in [9.17, 15) is 0 Å². The van der Waals surface area contributed by atoms with E-state index in [2.05, 4.69) is 52.4 Å². The number of hydrogen-bond acceptors (Lipinski definition) is 2. The van der Waals surface area contributed by atoms with Crippen LogP contribution >= 0.6 is 0 Å². The molecule has 0 fully saturated rings. The monoisotopic (exact) mass is 276 g/mol. The fourth-order valence-electron chi connectivity index (χ4n) is 1.27. The maximum absolute atomic E-state index is 6.06. The van der Waals surface area contributed by atoms with Gasteiger partial charge in [0.05, 0.1) is 0 Å². The van der Waals surface area contributed by atoms with E-state index in [0.29, 0.717) is 0 Å². The Labute approximate surface area is 105 Å². The van der Waals surface area contributed by atoms with Gasteiger partial charge in [-0.1, -0.05) is 11.8 Å². The van der Waals surface area contributed by atoms with E-state index in [1.165, 1.54) is 0 Å². The highest BCUT2D eigenvalue weighted by atomic mass is 28.5. The second-order valence-corrected chi connectivity index (χ2v) is 15.2. The molecule has 0 N–H and O–H groups in total. The van der Waals surface area contributed by atoms with E-state index in [1.54, 1.807) is 6.08 Å². The first-order valence-electron chi connectivity index (χ1n) is 5.69. The standard InChI is InChI=1S/C8H22O2Si3.C3H6/c1-8-12(4,5)10-13(6,7)9-11(2)3;1-3-2/h8,11H,1H2,2-7H3;3H,1H2,2H3. The molecule has 16 heavy (non-hydrogen) atoms. The quantitative estimate of drug-likeness (QED) is 0.561. The Morgan fingerprint density at radius 3 is 1.69 bits per heavy atom. The van der Waals surface area contributed by atoms with Gasteiger partial charge in [0.2, 0.25) is 0 Å². The van der Waals surface area contributed by atoms with Crippen LogP contribution in [0.25, 0.3) is 0 Å². The topological polar surface area (TPSA) is 18.5 Å². The van der Waals surface area contributed by atoms with Gasteiger partial charge in [0.1, 0.15) is 0 Å². The van der Waals surface area contributed by atoms with E-state index in [1.807, 2.05) is 12.6 Å². The molecular formula is C11H28O2Si3. The molecule has 0 heterocycles. The van der Waals surface area contributed by atoms with Crippen LogP contribution in [-0.4, -0.2) is 25.9 Å². The van der Waals surface area contributed by atoms with Gasteiger partial charge in [-0.05, 0) is 46.2 Å². The van der Waals surface area contributed by atoms with E-state index >= 15 is 0 Å². The lowest BCUT2D eigenvalue weighted by Gasteiger charge is -2.32. The summed E-state index contributed by atoms with van der Waals surface area (Å²) in [5.74, 6) is 0. The van der Waals surface area contributed by atoms with Gasteiger partial charge >= 0.3 is 8.56 Å². The van der Waals surface area contributed by atoms with Crippen LogP contribution < -0.4 is 0 Å². The van der Waals surface area contributed by atoms with Crippen LogP contribution in [0.2, 0.25) is 39.3 Å². The third-order valence-corrected chi connectivity index (χ3v) is 10.7. The summed E-state index contributed by atoms with van der Waals surface area (Å²) >= 11 is 0. The summed E-state index contributed by atoms with van der Waals surface area (Å²) in [6.07, 6.45) is 1.75. The smallest absolute Gasteiger partial charge is 0.311 e. The molecule has 0 rings (SSSR count). The van der Waals surface area contributed by atoms with Crippen LogP contribution in [0.15, 0.2) is 24.9 Å². The zero-order valence-electron chi connectivity index (χ0n) is 12.0. The normalized spacial score (nSPS) is 11.8. The summed E-state index contributed by atoms with van der Waals surface area (Å²) in [5, 5.41) is 0. The molecule has 0 saturated carbocycles. The largest absolute Gasteiger partial charge is 0.440 e. The molecule has 0 amide bonds. The summed E-state index contributed by atoms with van der Waals surface area (Å²) in [6, 6.07) is 0. The number of rotatable bonds is 5. The summed E-state index contributed by atoms with van der Waals surface area (Å²) in [6.45, 7) is 22.0. The van der Waals surface area contributed by atoms with E-state index < -0.39 is 25.9 Å². The minimum Gasteiger partial charge on any atom is -0.440 e. The van der Waals surface area contributed by atoms with E-state index in [-0.39, 0.29) is 0 Å². The predicted octanol–water partition coefficient (Wildman–Crippen LogP) is 3.83. The van der Waals surface area contributed by atoms with Crippen LogP contribution in [0.3, 0.4) is 0 Å². The molecule has 0 unspecified atom stereocenters. The second-order valence-electron chi connectivity index (χ2n) is 4.88. The lowest BCUT2D eigenvalue weighted by atomic mass is 10.8. The zero-order chi connectivity index (χ0) is 13.4. The minimum atomic E-state index is -1.87. The van der Waals surface area contributed by atoms with Gasteiger partial charge in [-0.3, -0.25) is 0 Å². The van der Waals surface area contributed by atoms with E-state index in [0.717, 1.165) is 0 Å². The molecule has 0 saturated heterocycles. The van der Waals surface area contributed by atoms with Crippen LogP contribution in [0, 0.1) is 0 Å². The Bertz CT molecular complexity index is 213. The van der Waals surface area contributed by atoms with Crippen molar-refractivity contribution >= 4 is 25.9 Å². The van der Waals surface area contributed by atoms with Crippen molar-refractivity contribution in [2.24, 2.45) is 0 Å². The highest BCUT2D eigenvalue weighted by Crippen LogP contribution is 2.16. The Kier molecular flexibility index (Phi) is 9.42. The third-order valence-electron chi connectivity index (χ3n) is 1.52. The summed E-state index contributed by atoms with van der Waals surface area (Å²) in [5.41, 5.74) is 1.97. The van der Waals surface area contributed by atoms with Crippen molar-refractivity contribution in [2.45, 2.75) is 46.2 Å². The number of hydrogen-bond donors (Lipinski definition) is 0. The second kappa shape index (κ2) is 8.19.